The number of aliphatic hydroxyl groups is 2. The summed E-state index contributed by atoms with van der Waals surface area (Å²) in [5, 5.41) is 33.4. The van der Waals surface area contributed by atoms with Crippen LogP contribution in [-0.4, -0.2) is 53.0 Å². The molecule has 0 heterocycles. The van der Waals surface area contributed by atoms with Gasteiger partial charge in [-0.15, -0.1) is 0 Å². The molecule has 0 aliphatic heterocycles. The highest BCUT2D eigenvalue weighted by Gasteiger charge is 2.39. The third-order valence-electron chi connectivity index (χ3n) is 6.30. The Hall–Kier alpha value is -2.33. The number of alkyl halides is 3. The molecular formula is C24H34F3NO6. The van der Waals surface area contributed by atoms with E-state index in [1.165, 1.54) is 19.2 Å². The lowest BCUT2D eigenvalue weighted by atomic mass is 9.85. The van der Waals surface area contributed by atoms with Crippen LogP contribution >= 0.6 is 0 Å². The van der Waals surface area contributed by atoms with Gasteiger partial charge in [-0.05, 0) is 49.8 Å². The molecule has 0 saturated heterocycles. The molecule has 34 heavy (non-hydrogen) atoms. The fourth-order valence-corrected chi connectivity index (χ4v) is 4.44. The third-order valence-corrected chi connectivity index (χ3v) is 6.30. The number of nitrogens with zero attached hydrogens (tertiary/aromatic N) is 1. The molecule has 1 aromatic carbocycles. The Morgan fingerprint density at radius 2 is 1.94 bits per heavy atom. The van der Waals surface area contributed by atoms with E-state index >= 15 is 0 Å². The summed E-state index contributed by atoms with van der Waals surface area (Å²) in [5.74, 6) is -0.514. The molecule has 1 aliphatic carbocycles. The molecule has 1 aromatic rings. The maximum Gasteiger partial charge on any atom is 0.416 e. The summed E-state index contributed by atoms with van der Waals surface area (Å²) >= 11 is 0. The molecule has 2 rings (SSSR count). The first-order valence-electron chi connectivity index (χ1n) is 11.6. The molecule has 192 valence electrons. The van der Waals surface area contributed by atoms with E-state index in [0.29, 0.717) is 18.6 Å². The molecular weight excluding hydrogens is 455 g/mol. The lowest BCUT2D eigenvalue weighted by Crippen LogP contribution is -2.24. The number of benzene rings is 1. The minimum absolute atomic E-state index is 0.0212. The van der Waals surface area contributed by atoms with Gasteiger partial charge in [-0.3, -0.25) is 4.79 Å². The average Bonchev–Trinajstić information content (AvgIpc) is 3.12. The van der Waals surface area contributed by atoms with E-state index < -0.39 is 23.9 Å². The van der Waals surface area contributed by atoms with Gasteiger partial charge >= 0.3 is 12.1 Å². The predicted octanol–water partition coefficient (Wildman–Crippen LogP) is 4.57. The Morgan fingerprint density at radius 3 is 2.62 bits per heavy atom. The van der Waals surface area contributed by atoms with Crippen LogP contribution in [0.2, 0.25) is 0 Å². The van der Waals surface area contributed by atoms with Crippen LogP contribution in [0.3, 0.4) is 0 Å². The summed E-state index contributed by atoms with van der Waals surface area (Å²) < 4.78 is 48.4. The number of hydrogen-bond donors (Lipinski definition) is 3. The molecule has 1 fully saturated rings. The minimum atomic E-state index is -4.47. The minimum Gasteiger partial charge on any atom is -0.491 e. The molecule has 0 bridgehead atoms. The van der Waals surface area contributed by atoms with Crippen molar-refractivity contribution >= 4 is 11.7 Å². The van der Waals surface area contributed by atoms with Crippen LogP contribution in [0.15, 0.2) is 29.4 Å². The van der Waals surface area contributed by atoms with Crippen molar-refractivity contribution in [2.75, 3.05) is 13.7 Å². The number of aliphatic hydroxyl groups excluding tert-OH is 2. The Labute approximate surface area is 197 Å². The molecule has 4 atom stereocenters. The number of halogens is 3. The van der Waals surface area contributed by atoms with E-state index in [4.69, 9.17) is 4.74 Å². The van der Waals surface area contributed by atoms with E-state index in [2.05, 4.69) is 9.89 Å². The first-order chi connectivity index (χ1) is 16.2. The molecule has 10 heteroatoms. The van der Waals surface area contributed by atoms with Crippen molar-refractivity contribution in [3.8, 4) is 5.75 Å². The molecule has 3 N–H and O–H groups in total. The highest BCUT2D eigenvalue weighted by Crippen LogP contribution is 2.37. The highest BCUT2D eigenvalue weighted by atomic mass is 19.4. The highest BCUT2D eigenvalue weighted by molar-refractivity contribution is 5.89. The fourth-order valence-electron chi connectivity index (χ4n) is 4.44. The Kier molecular flexibility index (Phi) is 11.1. The van der Waals surface area contributed by atoms with Crippen molar-refractivity contribution in [2.45, 2.75) is 76.2 Å². The van der Waals surface area contributed by atoms with E-state index in [1.807, 2.05) is 0 Å². The second kappa shape index (κ2) is 13.5. The number of ether oxygens (including phenoxy) is 2. The summed E-state index contributed by atoms with van der Waals surface area (Å²) in [7, 11) is 1.36. The van der Waals surface area contributed by atoms with Gasteiger partial charge in [0.2, 0.25) is 0 Å². The standard InChI is InChI=1S/C24H34F3NO6/c1-33-23(31)10-5-3-2-4-9-20-19(21(28-32)14-22(20)30)12-11-17(29)15-34-18-8-6-7-16(13-18)24(25,26)27/h6-8,13,17,19-20,22,29-30,32H,2-5,9-12,14-15H2,1H3/b28-21-/t17-,19-,20?,22+/m1/s1. The van der Waals surface area contributed by atoms with Crippen molar-refractivity contribution in [3.05, 3.63) is 29.8 Å². The van der Waals surface area contributed by atoms with Crippen LogP contribution in [0.25, 0.3) is 0 Å². The van der Waals surface area contributed by atoms with E-state index in [0.717, 1.165) is 44.2 Å². The summed E-state index contributed by atoms with van der Waals surface area (Å²) in [6, 6.07) is 4.48. The van der Waals surface area contributed by atoms with Gasteiger partial charge in [0.05, 0.1) is 30.6 Å². The van der Waals surface area contributed by atoms with Crippen LogP contribution in [-0.2, 0) is 15.7 Å². The summed E-state index contributed by atoms with van der Waals surface area (Å²) in [6.45, 7) is -0.174. The lowest BCUT2D eigenvalue weighted by Gasteiger charge is -2.23. The number of esters is 1. The molecule has 0 amide bonds. The van der Waals surface area contributed by atoms with Gasteiger partial charge in [0, 0.05) is 18.8 Å². The number of unbranched alkanes of at least 4 members (excludes halogenated alkanes) is 3. The van der Waals surface area contributed by atoms with Gasteiger partial charge in [-0.25, -0.2) is 0 Å². The van der Waals surface area contributed by atoms with Crippen LogP contribution in [0.4, 0.5) is 13.2 Å². The van der Waals surface area contributed by atoms with E-state index in [1.54, 1.807) is 0 Å². The van der Waals surface area contributed by atoms with Gasteiger partial charge in [0.25, 0.3) is 0 Å². The average molecular weight is 490 g/mol. The molecule has 1 saturated carbocycles. The van der Waals surface area contributed by atoms with Crippen molar-refractivity contribution in [2.24, 2.45) is 17.0 Å². The second-order valence-corrected chi connectivity index (χ2v) is 8.73. The number of carbonyl (C=O) groups is 1. The number of methoxy groups -OCH3 is 1. The molecule has 7 nitrogen and oxygen atoms in total. The van der Waals surface area contributed by atoms with E-state index in [-0.39, 0.29) is 43.0 Å². The van der Waals surface area contributed by atoms with Gasteiger partial charge in [0.15, 0.2) is 0 Å². The van der Waals surface area contributed by atoms with Gasteiger partial charge < -0.3 is 24.9 Å². The number of hydrogen-bond acceptors (Lipinski definition) is 7. The predicted molar refractivity (Wildman–Crippen MR) is 119 cm³/mol. The SMILES string of the molecule is COC(=O)CCCCCCC1[C@@H](O)C/C(=N/O)[C@@H]1CC[C@@H](O)COc1cccc(C(F)(F)F)c1. The normalized spacial score (nSPS) is 22.6. The number of oxime groups is 1. The molecule has 1 unspecified atom stereocenters. The summed E-state index contributed by atoms with van der Waals surface area (Å²) in [4.78, 5) is 11.2. The van der Waals surface area contributed by atoms with Crippen molar-refractivity contribution in [1.82, 2.24) is 0 Å². The van der Waals surface area contributed by atoms with Gasteiger partial charge in [-0.2, -0.15) is 13.2 Å². The van der Waals surface area contributed by atoms with Crippen molar-refractivity contribution < 1.29 is 42.9 Å². The molecule has 0 aromatic heterocycles. The van der Waals surface area contributed by atoms with Crippen LogP contribution < -0.4 is 4.74 Å². The Bertz CT molecular complexity index is 801. The summed E-state index contributed by atoms with van der Waals surface area (Å²) in [5.41, 5.74) is -0.328. The topological polar surface area (TPSA) is 109 Å². The first kappa shape index (κ1) is 27.9. The second-order valence-electron chi connectivity index (χ2n) is 8.73. The quantitative estimate of drug-likeness (QED) is 0.162. The van der Waals surface area contributed by atoms with Crippen molar-refractivity contribution in [1.29, 1.82) is 0 Å². The molecule has 1 aliphatic rings. The maximum atomic E-state index is 12.8. The third kappa shape index (κ3) is 8.79. The summed E-state index contributed by atoms with van der Waals surface area (Å²) in [6.07, 6.45) is -0.571. The van der Waals surface area contributed by atoms with Crippen LogP contribution in [0.1, 0.15) is 63.4 Å². The molecule has 0 radical (unpaired) electrons. The number of rotatable bonds is 13. The lowest BCUT2D eigenvalue weighted by molar-refractivity contribution is -0.140. The smallest absolute Gasteiger partial charge is 0.416 e. The zero-order chi connectivity index (χ0) is 25.1. The Morgan fingerprint density at radius 1 is 1.21 bits per heavy atom. The molecule has 0 spiro atoms. The zero-order valence-corrected chi connectivity index (χ0v) is 19.3. The largest absolute Gasteiger partial charge is 0.491 e. The fraction of sp³-hybridized carbons (Fsp3) is 0.667. The van der Waals surface area contributed by atoms with Crippen LogP contribution in [0.5, 0.6) is 5.75 Å². The monoisotopic (exact) mass is 489 g/mol. The first-order valence-corrected chi connectivity index (χ1v) is 11.6. The maximum absolute atomic E-state index is 12.8. The number of carbonyl (C=O) groups excluding carboxylic acids is 1. The Balaban J connectivity index is 1.80. The van der Waals surface area contributed by atoms with Crippen molar-refractivity contribution in [3.63, 3.8) is 0 Å². The zero-order valence-electron chi connectivity index (χ0n) is 19.3. The van der Waals surface area contributed by atoms with Gasteiger partial charge in [-0.1, -0.05) is 30.5 Å². The van der Waals surface area contributed by atoms with Gasteiger partial charge in [0.1, 0.15) is 12.4 Å². The van der Waals surface area contributed by atoms with Crippen LogP contribution in [0, 0.1) is 11.8 Å². The van der Waals surface area contributed by atoms with E-state index in [9.17, 15) is 33.4 Å².